The van der Waals surface area contributed by atoms with E-state index in [1.807, 2.05) is 19.9 Å². The van der Waals surface area contributed by atoms with Crippen LogP contribution in [0.25, 0.3) is 0 Å². The Hall–Kier alpha value is -4.80. The lowest BCUT2D eigenvalue weighted by Gasteiger charge is -2.45. The van der Waals surface area contributed by atoms with Gasteiger partial charge in [0.25, 0.3) is 11.8 Å². The summed E-state index contributed by atoms with van der Waals surface area (Å²) < 4.78 is 49.2. The number of nitrogens with one attached hydrogen (secondary N) is 1. The van der Waals surface area contributed by atoms with Crippen molar-refractivity contribution >= 4 is 11.8 Å². The average Bonchev–Trinajstić information content (AvgIpc) is 2.97. The van der Waals surface area contributed by atoms with Gasteiger partial charge >= 0.3 is 0 Å². The summed E-state index contributed by atoms with van der Waals surface area (Å²) in [5, 5.41) is 4.11. The van der Waals surface area contributed by atoms with E-state index in [9.17, 15) is 27.6 Å². The molecule has 2 heterocycles. The zero-order chi connectivity index (χ0) is 31.4. The van der Waals surface area contributed by atoms with Crippen LogP contribution in [-0.2, 0) is 13.2 Å². The molecule has 0 bridgehead atoms. The monoisotopic (exact) mass is 594 g/mol. The average molecular weight is 595 g/mol. The molecule has 226 valence electrons. The SMILES string of the molecule is C=CC(C(C)C)N1CN([C@@H](C)C=C)C(=O)c2c(OCc3ccccc3)c(=O)c(C(=O)NCc3c(F)cc(F)cc3F)cn21. The smallest absolute Gasteiger partial charge is 0.278 e. The third-order valence-corrected chi connectivity index (χ3v) is 7.29. The fourth-order valence-corrected chi connectivity index (χ4v) is 4.85. The van der Waals surface area contributed by atoms with Gasteiger partial charge in [0.1, 0.15) is 36.3 Å². The van der Waals surface area contributed by atoms with E-state index in [1.54, 1.807) is 48.4 Å². The highest BCUT2D eigenvalue weighted by Crippen LogP contribution is 2.27. The third-order valence-electron chi connectivity index (χ3n) is 7.29. The molecule has 0 saturated heterocycles. The molecule has 1 aromatic heterocycles. The van der Waals surface area contributed by atoms with E-state index in [4.69, 9.17) is 4.74 Å². The Balaban J connectivity index is 1.86. The topological polar surface area (TPSA) is 83.9 Å². The van der Waals surface area contributed by atoms with Gasteiger partial charge in [-0.25, -0.2) is 13.2 Å². The van der Waals surface area contributed by atoms with Gasteiger partial charge < -0.3 is 15.0 Å². The van der Waals surface area contributed by atoms with Crippen LogP contribution < -0.4 is 20.5 Å². The number of pyridine rings is 1. The van der Waals surface area contributed by atoms with Crippen molar-refractivity contribution in [2.75, 3.05) is 11.7 Å². The van der Waals surface area contributed by atoms with Crippen LogP contribution in [0.4, 0.5) is 13.2 Å². The van der Waals surface area contributed by atoms with Crippen LogP contribution in [-0.4, -0.2) is 40.1 Å². The van der Waals surface area contributed by atoms with Gasteiger partial charge in [0.05, 0.1) is 6.04 Å². The van der Waals surface area contributed by atoms with Gasteiger partial charge in [0, 0.05) is 36.5 Å². The van der Waals surface area contributed by atoms with Crippen molar-refractivity contribution < 1.29 is 27.5 Å². The second kappa shape index (κ2) is 13.0. The molecule has 1 unspecified atom stereocenters. The Labute approximate surface area is 247 Å². The number of halogens is 3. The summed E-state index contributed by atoms with van der Waals surface area (Å²) in [6.45, 7) is 12.8. The van der Waals surface area contributed by atoms with Crippen LogP contribution in [0.15, 0.2) is 78.8 Å². The third kappa shape index (κ3) is 6.35. The number of hydrogen-bond donors (Lipinski definition) is 1. The van der Waals surface area contributed by atoms with E-state index in [0.717, 1.165) is 0 Å². The zero-order valence-electron chi connectivity index (χ0n) is 24.1. The largest absolute Gasteiger partial charge is 0.482 e. The molecule has 1 N–H and O–H groups in total. The molecule has 11 heteroatoms. The maximum Gasteiger partial charge on any atom is 0.278 e. The van der Waals surface area contributed by atoms with Gasteiger partial charge in [-0.2, -0.15) is 0 Å². The first-order valence-corrected chi connectivity index (χ1v) is 13.7. The van der Waals surface area contributed by atoms with Crippen LogP contribution >= 0.6 is 0 Å². The minimum atomic E-state index is -1.19. The molecule has 0 aliphatic carbocycles. The molecule has 4 rings (SSSR count). The van der Waals surface area contributed by atoms with E-state index >= 15 is 0 Å². The van der Waals surface area contributed by atoms with Gasteiger partial charge in [0.15, 0.2) is 11.4 Å². The van der Waals surface area contributed by atoms with Crippen LogP contribution in [0.5, 0.6) is 5.75 Å². The molecular weight excluding hydrogens is 561 g/mol. The number of nitrogens with zero attached hydrogens (tertiary/aromatic N) is 3. The predicted octanol–water partition coefficient (Wildman–Crippen LogP) is 4.91. The highest BCUT2D eigenvalue weighted by atomic mass is 19.1. The standard InChI is InChI=1S/C32H33F3N4O4/c1-6-20(5)37-18-39(27(7-2)19(3)4)38-16-24(31(41)36-15-23-25(34)13-22(33)14-26(23)35)29(40)30(28(38)32(37)42)43-17-21-11-9-8-10-12-21/h6-14,16,19-20,27H,1-2,15,17-18H2,3-5H3,(H,36,41)/t20-,27?/m0/s1. The van der Waals surface area contributed by atoms with E-state index < -0.39 is 58.4 Å². The summed E-state index contributed by atoms with van der Waals surface area (Å²) in [5.41, 5.74) is -1.28. The fourth-order valence-electron chi connectivity index (χ4n) is 4.85. The highest BCUT2D eigenvalue weighted by molar-refractivity contribution is 5.99. The highest BCUT2D eigenvalue weighted by Gasteiger charge is 2.39. The zero-order valence-corrected chi connectivity index (χ0v) is 24.1. The normalized spacial score (nSPS) is 14.3. The summed E-state index contributed by atoms with van der Waals surface area (Å²) in [7, 11) is 0. The van der Waals surface area contributed by atoms with Crippen molar-refractivity contribution in [2.24, 2.45) is 5.92 Å². The van der Waals surface area contributed by atoms with Gasteiger partial charge in [-0.1, -0.05) is 56.3 Å². The van der Waals surface area contributed by atoms with E-state index in [0.29, 0.717) is 17.7 Å². The molecule has 8 nitrogen and oxygen atoms in total. The van der Waals surface area contributed by atoms with Crippen LogP contribution in [0.1, 0.15) is 52.7 Å². The molecule has 2 amide bonds. The summed E-state index contributed by atoms with van der Waals surface area (Å²) in [6, 6.07) is 9.17. The lowest BCUT2D eigenvalue weighted by atomic mass is 10.0. The first-order chi connectivity index (χ1) is 20.5. The maximum absolute atomic E-state index is 14.2. The summed E-state index contributed by atoms with van der Waals surface area (Å²) in [4.78, 5) is 42.6. The number of aromatic nitrogens is 1. The van der Waals surface area contributed by atoms with Crippen molar-refractivity contribution in [3.05, 3.63) is 124 Å². The second-order valence-corrected chi connectivity index (χ2v) is 10.5. The number of rotatable bonds is 11. The quantitative estimate of drug-likeness (QED) is 0.319. The molecule has 0 fully saturated rings. The summed E-state index contributed by atoms with van der Waals surface area (Å²) >= 11 is 0. The number of carbonyl (C=O) groups excluding carboxylic acids is 2. The van der Waals surface area contributed by atoms with Crippen molar-refractivity contribution in [3.63, 3.8) is 0 Å². The molecular formula is C32H33F3N4O4. The van der Waals surface area contributed by atoms with Crippen molar-refractivity contribution in [1.82, 2.24) is 14.9 Å². The Kier molecular flexibility index (Phi) is 9.43. The van der Waals surface area contributed by atoms with Crippen LogP contribution in [0.2, 0.25) is 0 Å². The first-order valence-electron chi connectivity index (χ1n) is 13.7. The molecule has 1 aliphatic rings. The number of hydrogen-bond acceptors (Lipinski definition) is 5. The molecule has 2 atom stereocenters. The minimum Gasteiger partial charge on any atom is -0.482 e. The number of ether oxygens (including phenoxy) is 1. The van der Waals surface area contributed by atoms with Gasteiger partial charge in [-0.15, -0.1) is 13.2 Å². The van der Waals surface area contributed by atoms with Crippen LogP contribution in [0, 0.1) is 23.4 Å². The summed E-state index contributed by atoms with van der Waals surface area (Å²) in [6.07, 6.45) is 4.51. The number of carbonyl (C=O) groups is 2. The van der Waals surface area contributed by atoms with E-state index in [-0.39, 0.29) is 36.7 Å². The van der Waals surface area contributed by atoms with Gasteiger partial charge in [0.2, 0.25) is 5.43 Å². The predicted molar refractivity (Wildman–Crippen MR) is 157 cm³/mol. The minimum absolute atomic E-state index is 0.00532. The van der Waals surface area contributed by atoms with Gasteiger partial charge in [-0.3, -0.25) is 24.1 Å². The van der Waals surface area contributed by atoms with E-state index in [1.165, 1.54) is 15.8 Å². The summed E-state index contributed by atoms with van der Waals surface area (Å²) in [5.74, 6) is -5.34. The molecule has 3 aromatic rings. The lowest BCUT2D eigenvalue weighted by Crippen LogP contribution is -2.60. The Morgan fingerprint density at radius 2 is 1.70 bits per heavy atom. The lowest BCUT2D eigenvalue weighted by molar-refractivity contribution is 0.0633. The van der Waals surface area contributed by atoms with Gasteiger partial charge in [-0.05, 0) is 18.4 Å². The van der Waals surface area contributed by atoms with Crippen molar-refractivity contribution in [1.29, 1.82) is 0 Å². The molecule has 43 heavy (non-hydrogen) atoms. The second-order valence-electron chi connectivity index (χ2n) is 10.5. The number of benzene rings is 2. The fraction of sp³-hybridized carbons (Fsp3) is 0.281. The van der Waals surface area contributed by atoms with Crippen molar-refractivity contribution in [2.45, 2.75) is 46.0 Å². The number of amides is 2. The Bertz CT molecular complexity index is 1580. The molecule has 0 spiro atoms. The molecule has 0 saturated carbocycles. The van der Waals surface area contributed by atoms with Crippen molar-refractivity contribution in [3.8, 4) is 5.75 Å². The molecule has 0 radical (unpaired) electrons. The van der Waals surface area contributed by atoms with Crippen LogP contribution in [0.3, 0.4) is 0 Å². The number of fused-ring (bicyclic) bond motifs is 1. The molecule has 2 aromatic carbocycles. The molecule has 1 aliphatic heterocycles. The van der Waals surface area contributed by atoms with E-state index in [2.05, 4.69) is 18.5 Å². The first kappa shape index (κ1) is 31.1. The Morgan fingerprint density at radius 3 is 2.28 bits per heavy atom. The Morgan fingerprint density at radius 1 is 1.05 bits per heavy atom. The maximum atomic E-state index is 14.2.